The summed E-state index contributed by atoms with van der Waals surface area (Å²) < 4.78 is 4.84. The van der Waals surface area contributed by atoms with E-state index in [0.717, 1.165) is 0 Å². The molecule has 0 amide bonds. The molecule has 0 aromatic carbocycles. The molecule has 0 aromatic heterocycles. The topological polar surface area (TPSA) is 63.6 Å². The number of carboxylic acid groups (broad SMARTS) is 1. The summed E-state index contributed by atoms with van der Waals surface area (Å²) in [5.41, 5.74) is -1.29. The Morgan fingerprint density at radius 2 is 2.29 bits per heavy atom. The lowest BCUT2D eigenvalue weighted by Crippen LogP contribution is -2.44. The number of carboxylic acids is 1. The molecule has 1 saturated heterocycles. The van der Waals surface area contributed by atoms with Crippen LogP contribution in [0.1, 0.15) is 33.1 Å². The summed E-state index contributed by atoms with van der Waals surface area (Å²) in [5.74, 6) is -1.43. The fraction of sp³-hybridized carbons (Fsp3) is 0.800. The molecule has 0 saturated carbocycles. The zero-order valence-corrected chi connectivity index (χ0v) is 8.58. The number of cyclic esters (lactones) is 1. The van der Waals surface area contributed by atoms with Crippen LogP contribution >= 0.6 is 0 Å². The molecule has 1 aliphatic heterocycles. The number of ether oxygens (including phenoxy) is 1. The van der Waals surface area contributed by atoms with E-state index >= 15 is 0 Å². The maximum Gasteiger partial charge on any atom is 0.323 e. The minimum Gasteiger partial charge on any atom is -0.480 e. The first-order valence-electron chi connectivity index (χ1n) is 4.89. The Kier molecular flexibility index (Phi) is 3.13. The third kappa shape index (κ3) is 1.89. The van der Waals surface area contributed by atoms with Crippen LogP contribution in [-0.4, -0.2) is 23.7 Å². The predicted molar refractivity (Wildman–Crippen MR) is 49.7 cm³/mol. The monoisotopic (exact) mass is 200 g/mol. The van der Waals surface area contributed by atoms with Crippen molar-refractivity contribution in [2.75, 3.05) is 6.61 Å². The van der Waals surface area contributed by atoms with Crippen molar-refractivity contribution in [2.24, 2.45) is 11.3 Å². The van der Waals surface area contributed by atoms with E-state index in [1.54, 1.807) is 0 Å². The highest BCUT2D eigenvalue weighted by molar-refractivity contribution is 5.99. The highest BCUT2D eigenvalue weighted by Crippen LogP contribution is 2.36. The molecule has 80 valence electrons. The van der Waals surface area contributed by atoms with Crippen LogP contribution in [0.5, 0.6) is 0 Å². The Bertz CT molecular complexity index is 247. The first kappa shape index (κ1) is 11.0. The standard InChI is InChI=1S/C10H16O4/c1-7(2)6-10(8(11)12)4-3-5-14-9(10)13/h7H,3-6H2,1-2H3,(H,11,12). The molecule has 1 fully saturated rings. The van der Waals surface area contributed by atoms with Gasteiger partial charge >= 0.3 is 11.9 Å². The molecule has 1 N–H and O–H groups in total. The van der Waals surface area contributed by atoms with Crippen LogP contribution in [0.4, 0.5) is 0 Å². The number of esters is 1. The van der Waals surface area contributed by atoms with Gasteiger partial charge in [-0.2, -0.15) is 0 Å². The molecule has 1 rings (SSSR count). The van der Waals surface area contributed by atoms with Crippen molar-refractivity contribution in [3.63, 3.8) is 0 Å². The van der Waals surface area contributed by atoms with E-state index in [0.29, 0.717) is 25.9 Å². The van der Waals surface area contributed by atoms with Gasteiger partial charge in [0.15, 0.2) is 5.41 Å². The summed E-state index contributed by atoms with van der Waals surface area (Å²) >= 11 is 0. The maximum atomic E-state index is 11.5. The van der Waals surface area contributed by atoms with Crippen molar-refractivity contribution in [3.8, 4) is 0 Å². The van der Waals surface area contributed by atoms with Gasteiger partial charge in [-0.25, -0.2) is 0 Å². The Balaban J connectivity index is 2.89. The van der Waals surface area contributed by atoms with E-state index in [2.05, 4.69) is 0 Å². The summed E-state index contributed by atoms with van der Waals surface area (Å²) in [7, 11) is 0. The number of hydrogen-bond acceptors (Lipinski definition) is 3. The summed E-state index contributed by atoms with van der Waals surface area (Å²) in [6, 6.07) is 0. The fourth-order valence-electron chi connectivity index (χ4n) is 1.94. The average molecular weight is 200 g/mol. The van der Waals surface area contributed by atoms with E-state index < -0.39 is 17.4 Å². The highest BCUT2D eigenvalue weighted by Gasteiger charge is 2.49. The SMILES string of the molecule is CC(C)CC1(C(=O)O)CCCOC1=O. The smallest absolute Gasteiger partial charge is 0.323 e. The second-order valence-corrected chi connectivity index (χ2v) is 4.22. The molecule has 0 radical (unpaired) electrons. The van der Waals surface area contributed by atoms with E-state index in [1.165, 1.54) is 0 Å². The summed E-state index contributed by atoms with van der Waals surface area (Å²) in [4.78, 5) is 22.6. The second-order valence-electron chi connectivity index (χ2n) is 4.22. The van der Waals surface area contributed by atoms with Crippen LogP contribution in [0, 0.1) is 11.3 Å². The van der Waals surface area contributed by atoms with Gasteiger partial charge in [0.25, 0.3) is 0 Å². The molecular formula is C10H16O4. The van der Waals surface area contributed by atoms with Crippen LogP contribution < -0.4 is 0 Å². The van der Waals surface area contributed by atoms with Crippen molar-refractivity contribution in [1.29, 1.82) is 0 Å². The van der Waals surface area contributed by atoms with E-state index in [9.17, 15) is 9.59 Å². The molecular weight excluding hydrogens is 184 g/mol. The molecule has 1 aliphatic rings. The lowest BCUT2D eigenvalue weighted by Gasteiger charge is -2.32. The number of rotatable bonds is 3. The molecule has 0 aliphatic carbocycles. The zero-order chi connectivity index (χ0) is 10.8. The van der Waals surface area contributed by atoms with E-state index in [-0.39, 0.29) is 5.92 Å². The highest BCUT2D eigenvalue weighted by atomic mass is 16.5. The minimum atomic E-state index is -1.29. The van der Waals surface area contributed by atoms with Crippen LogP contribution in [-0.2, 0) is 14.3 Å². The second kappa shape index (κ2) is 3.98. The van der Waals surface area contributed by atoms with Gasteiger partial charge in [-0.05, 0) is 25.2 Å². The molecule has 14 heavy (non-hydrogen) atoms. The fourth-order valence-corrected chi connectivity index (χ4v) is 1.94. The molecule has 1 atom stereocenters. The van der Waals surface area contributed by atoms with Crippen LogP contribution in [0.25, 0.3) is 0 Å². The van der Waals surface area contributed by atoms with Gasteiger partial charge in [-0.1, -0.05) is 13.8 Å². The van der Waals surface area contributed by atoms with Gasteiger partial charge in [0, 0.05) is 0 Å². The van der Waals surface area contributed by atoms with Crippen molar-refractivity contribution in [2.45, 2.75) is 33.1 Å². The third-order valence-corrected chi connectivity index (χ3v) is 2.54. The molecule has 0 spiro atoms. The third-order valence-electron chi connectivity index (χ3n) is 2.54. The van der Waals surface area contributed by atoms with E-state index in [4.69, 9.17) is 9.84 Å². The molecule has 0 bridgehead atoms. The van der Waals surface area contributed by atoms with Gasteiger partial charge in [0.05, 0.1) is 6.61 Å². The van der Waals surface area contributed by atoms with Crippen LogP contribution in [0.2, 0.25) is 0 Å². The van der Waals surface area contributed by atoms with Crippen molar-refractivity contribution in [1.82, 2.24) is 0 Å². The average Bonchev–Trinajstić information content (AvgIpc) is 2.08. The van der Waals surface area contributed by atoms with Gasteiger partial charge in [-0.3, -0.25) is 9.59 Å². The van der Waals surface area contributed by atoms with Crippen LogP contribution in [0.15, 0.2) is 0 Å². The normalized spacial score (nSPS) is 27.5. The predicted octanol–water partition coefficient (Wildman–Crippen LogP) is 1.44. The summed E-state index contributed by atoms with van der Waals surface area (Å²) in [6.07, 6.45) is 1.41. The van der Waals surface area contributed by atoms with Gasteiger partial charge in [0.2, 0.25) is 0 Å². The lowest BCUT2D eigenvalue weighted by molar-refractivity contribution is -0.176. The Morgan fingerprint density at radius 3 is 2.71 bits per heavy atom. The van der Waals surface area contributed by atoms with Gasteiger partial charge in [-0.15, -0.1) is 0 Å². The summed E-state index contributed by atoms with van der Waals surface area (Å²) in [5, 5.41) is 9.11. The maximum absolute atomic E-state index is 11.5. The molecule has 1 unspecified atom stereocenters. The van der Waals surface area contributed by atoms with Gasteiger partial charge in [0.1, 0.15) is 0 Å². The molecule has 0 aromatic rings. The Morgan fingerprint density at radius 1 is 1.64 bits per heavy atom. The largest absolute Gasteiger partial charge is 0.480 e. The molecule has 1 heterocycles. The Hall–Kier alpha value is -1.06. The van der Waals surface area contributed by atoms with Gasteiger partial charge < -0.3 is 9.84 Å². The van der Waals surface area contributed by atoms with Crippen molar-refractivity contribution >= 4 is 11.9 Å². The quantitative estimate of drug-likeness (QED) is 0.553. The van der Waals surface area contributed by atoms with Crippen molar-refractivity contribution < 1.29 is 19.4 Å². The number of hydrogen-bond donors (Lipinski definition) is 1. The lowest BCUT2D eigenvalue weighted by atomic mass is 9.75. The summed E-state index contributed by atoms with van der Waals surface area (Å²) in [6.45, 7) is 4.17. The number of carbonyl (C=O) groups is 2. The number of aliphatic carboxylic acids is 1. The molecule has 4 heteroatoms. The molecule has 4 nitrogen and oxygen atoms in total. The number of carbonyl (C=O) groups excluding carboxylic acids is 1. The first-order chi connectivity index (χ1) is 6.49. The van der Waals surface area contributed by atoms with E-state index in [1.807, 2.05) is 13.8 Å². The Labute approximate surface area is 83.2 Å². The first-order valence-corrected chi connectivity index (χ1v) is 4.89. The zero-order valence-electron chi connectivity index (χ0n) is 8.58. The van der Waals surface area contributed by atoms with Crippen molar-refractivity contribution in [3.05, 3.63) is 0 Å². The van der Waals surface area contributed by atoms with Crippen LogP contribution in [0.3, 0.4) is 0 Å². The minimum absolute atomic E-state index is 0.178.